The van der Waals surface area contributed by atoms with Gasteiger partial charge in [0.15, 0.2) is 5.96 Å². The van der Waals surface area contributed by atoms with Crippen LogP contribution >= 0.6 is 35.3 Å². The quantitative estimate of drug-likeness (QED) is 0.243. The number of aliphatic hydroxyl groups is 1. The molecule has 24 heavy (non-hydrogen) atoms. The Morgan fingerprint density at radius 1 is 1.46 bits per heavy atom. The van der Waals surface area contributed by atoms with Crippen molar-refractivity contribution in [3.8, 4) is 0 Å². The molecule has 0 amide bonds. The molecule has 134 valence electrons. The number of hydrogen-bond donors (Lipinski definition) is 3. The fraction of sp³-hybridized carbons (Fsp3) is 0.500. The average Bonchev–Trinajstić information content (AvgIpc) is 3.22. The number of hydrogen-bond acceptors (Lipinski definition) is 4. The van der Waals surface area contributed by atoms with Gasteiger partial charge >= 0.3 is 0 Å². The minimum absolute atomic E-state index is 0. The highest BCUT2D eigenvalue weighted by Gasteiger charge is 2.23. The molecule has 1 unspecified atom stereocenters. The van der Waals surface area contributed by atoms with E-state index >= 15 is 0 Å². The van der Waals surface area contributed by atoms with E-state index in [4.69, 9.17) is 0 Å². The lowest BCUT2D eigenvalue weighted by atomic mass is 10.00. The molecule has 2 aromatic rings. The van der Waals surface area contributed by atoms with Crippen LogP contribution < -0.4 is 10.6 Å². The fourth-order valence-electron chi connectivity index (χ4n) is 2.12. The number of aliphatic imine (C=N–C) groups is 1. The van der Waals surface area contributed by atoms with Gasteiger partial charge in [-0.3, -0.25) is 4.68 Å². The summed E-state index contributed by atoms with van der Waals surface area (Å²) in [4.78, 5) is 4.50. The maximum Gasteiger partial charge on any atom is 0.191 e. The summed E-state index contributed by atoms with van der Waals surface area (Å²) in [6, 6.07) is 3.86. The molecule has 1 atom stereocenters. The third kappa shape index (κ3) is 6.78. The minimum atomic E-state index is -0.947. The van der Waals surface area contributed by atoms with Crippen LogP contribution in [0.4, 0.5) is 0 Å². The monoisotopic (exact) mass is 463 g/mol. The number of guanidine groups is 1. The minimum Gasteiger partial charge on any atom is -0.383 e. The number of thiophene rings is 1. The smallest absolute Gasteiger partial charge is 0.191 e. The fourth-order valence-corrected chi connectivity index (χ4v) is 2.90. The molecule has 6 nitrogen and oxygen atoms in total. The second-order valence-corrected chi connectivity index (χ2v) is 6.31. The standard InChI is InChI=1S/C16H25N5OS.HI/c1-3-17-15(18-7-4-9-21-10-5-8-20-21)19-13-16(2,22)14-6-11-23-12-14;/h5-6,8,10-12,22H,3-4,7,9,13H2,1-2H3,(H2,17,18,19);1H. The van der Waals surface area contributed by atoms with Crippen LogP contribution in [0.5, 0.6) is 0 Å². The molecule has 0 spiro atoms. The van der Waals surface area contributed by atoms with Crippen LogP contribution in [-0.2, 0) is 12.1 Å². The van der Waals surface area contributed by atoms with Gasteiger partial charge in [-0.15, -0.1) is 24.0 Å². The molecule has 2 aromatic heterocycles. The largest absolute Gasteiger partial charge is 0.383 e. The third-order valence-electron chi connectivity index (χ3n) is 3.45. The van der Waals surface area contributed by atoms with Gasteiger partial charge in [0.05, 0.1) is 6.54 Å². The Bertz CT molecular complexity index is 584. The van der Waals surface area contributed by atoms with Gasteiger partial charge in [-0.25, -0.2) is 4.99 Å². The van der Waals surface area contributed by atoms with Gasteiger partial charge in [0.25, 0.3) is 0 Å². The van der Waals surface area contributed by atoms with Crippen LogP contribution in [0.1, 0.15) is 25.8 Å². The molecule has 0 aliphatic heterocycles. The predicted molar refractivity (Wildman–Crippen MR) is 110 cm³/mol. The van der Waals surface area contributed by atoms with Crippen molar-refractivity contribution < 1.29 is 5.11 Å². The zero-order chi connectivity index (χ0) is 16.5. The van der Waals surface area contributed by atoms with E-state index in [-0.39, 0.29) is 24.0 Å². The summed E-state index contributed by atoms with van der Waals surface area (Å²) in [7, 11) is 0. The van der Waals surface area contributed by atoms with E-state index in [0.717, 1.165) is 37.6 Å². The molecule has 0 aliphatic carbocycles. The Kier molecular flexibility index (Phi) is 9.30. The second-order valence-electron chi connectivity index (χ2n) is 5.53. The Hall–Kier alpha value is -1.13. The third-order valence-corrected chi connectivity index (χ3v) is 4.13. The van der Waals surface area contributed by atoms with Crippen molar-refractivity contribution in [3.63, 3.8) is 0 Å². The summed E-state index contributed by atoms with van der Waals surface area (Å²) < 4.78 is 1.91. The van der Waals surface area contributed by atoms with Crippen molar-refractivity contribution in [1.82, 2.24) is 20.4 Å². The molecule has 0 fully saturated rings. The highest BCUT2D eigenvalue weighted by Crippen LogP contribution is 2.23. The van der Waals surface area contributed by atoms with Crippen molar-refractivity contribution in [2.75, 3.05) is 19.6 Å². The molecular weight excluding hydrogens is 437 g/mol. The van der Waals surface area contributed by atoms with Crippen molar-refractivity contribution in [2.45, 2.75) is 32.4 Å². The second kappa shape index (κ2) is 10.7. The summed E-state index contributed by atoms with van der Waals surface area (Å²) >= 11 is 1.58. The maximum atomic E-state index is 10.5. The summed E-state index contributed by atoms with van der Waals surface area (Å²) in [6.45, 7) is 6.58. The molecule has 0 aromatic carbocycles. The lowest BCUT2D eigenvalue weighted by Crippen LogP contribution is -2.39. The van der Waals surface area contributed by atoms with Crippen LogP contribution in [0.2, 0.25) is 0 Å². The number of rotatable bonds is 8. The molecule has 0 saturated carbocycles. The highest BCUT2D eigenvalue weighted by molar-refractivity contribution is 14.0. The zero-order valence-electron chi connectivity index (χ0n) is 14.1. The summed E-state index contributed by atoms with van der Waals surface area (Å²) in [5, 5.41) is 25.1. The van der Waals surface area contributed by atoms with E-state index in [0.29, 0.717) is 6.54 Å². The molecule has 3 N–H and O–H groups in total. The topological polar surface area (TPSA) is 74.5 Å². The van der Waals surface area contributed by atoms with E-state index in [9.17, 15) is 5.11 Å². The van der Waals surface area contributed by atoms with Crippen molar-refractivity contribution in [3.05, 3.63) is 40.8 Å². The Morgan fingerprint density at radius 3 is 2.92 bits per heavy atom. The molecule has 0 saturated heterocycles. The zero-order valence-corrected chi connectivity index (χ0v) is 17.3. The highest BCUT2D eigenvalue weighted by atomic mass is 127. The van der Waals surface area contributed by atoms with E-state index in [1.807, 2.05) is 40.7 Å². The first-order valence-corrected chi connectivity index (χ1v) is 8.81. The van der Waals surface area contributed by atoms with Gasteiger partial charge in [-0.05, 0) is 48.7 Å². The lowest BCUT2D eigenvalue weighted by Gasteiger charge is -2.21. The van der Waals surface area contributed by atoms with Crippen molar-refractivity contribution in [1.29, 1.82) is 0 Å². The van der Waals surface area contributed by atoms with Crippen LogP contribution in [0.15, 0.2) is 40.3 Å². The molecule has 8 heteroatoms. The Labute approximate surface area is 164 Å². The van der Waals surface area contributed by atoms with E-state index < -0.39 is 5.60 Å². The Morgan fingerprint density at radius 2 is 2.29 bits per heavy atom. The molecule has 0 radical (unpaired) electrons. The molecular formula is C16H26IN5OS. The number of aryl methyl sites for hydroxylation is 1. The van der Waals surface area contributed by atoms with E-state index in [2.05, 4.69) is 20.7 Å². The number of nitrogens with zero attached hydrogens (tertiary/aromatic N) is 3. The van der Waals surface area contributed by atoms with Crippen LogP contribution in [0, 0.1) is 0 Å². The van der Waals surface area contributed by atoms with Gasteiger partial charge in [-0.1, -0.05) is 0 Å². The first kappa shape index (κ1) is 20.9. The van der Waals surface area contributed by atoms with Crippen molar-refractivity contribution >= 4 is 41.3 Å². The van der Waals surface area contributed by atoms with Crippen LogP contribution in [-0.4, -0.2) is 40.5 Å². The summed E-state index contributed by atoms with van der Waals surface area (Å²) in [5.41, 5.74) is -0.0435. The normalized spacial score (nSPS) is 13.9. The number of halogens is 1. The van der Waals surface area contributed by atoms with E-state index in [1.54, 1.807) is 24.5 Å². The SMILES string of the molecule is CCNC(=NCC(C)(O)c1ccsc1)NCCCn1cccn1.I. The van der Waals surface area contributed by atoms with Crippen LogP contribution in [0.25, 0.3) is 0 Å². The molecule has 2 heterocycles. The van der Waals surface area contributed by atoms with E-state index in [1.165, 1.54) is 0 Å². The van der Waals surface area contributed by atoms with Crippen LogP contribution in [0.3, 0.4) is 0 Å². The number of nitrogens with one attached hydrogen (secondary N) is 2. The van der Waals surface area contributed by atoms with Crippen molar-refractivity contribution in [2.24, 2.45) is 4.99 Å². The van der Waals surface area contributed by atoms with Gasteiger partial charge in [-0.2, -0.15) is 16.4 Å². The molecule has 2 rings (SSSR count). The lowest BCUT2D eigenvalue weighted by molar-refractivity contribution is 0.0677. The maximum absolute atomic E-state index is 10.5. The molecule has 0 bridgehead atoms. The Balaban J connectivity index is 0.00000288. The first-order valence-electron chi connectivity index (χ1n) is 7.86. The average molecular weight is 463 g/mol. The van der Waals surface area contributed by atoms with Gasteiger partial charge < -0.3 is 15.7 Å². The summed E-state index contributed by atoms with van der Waals surface area (Å²) in [6.07, 6.45) is 4.69. The molecule has 0 aliphatic rings. The predicted octanol–water partition coefficient (Wildman–Crippen LogP) is 2.42. The van der Waals surface area contributed by atoms with Gasteiger partial charge in [0.1, 0.15) is 5.60 Å². The van der Waals surface area contributed by atoms with Gasteiger partial charge in [0.2, 0.25) is 0 Å². The summed E-state index contributed by atoms with van der Waals surface area (Å²) in [5.74, 6) is 0.725. The van der Waals surface area contributed by atoms with Gasteiger partial charge in [0, 0.05) is 32.0 Å². The number of aromatic nitrogens is 2. The first-order chi connectivity index (χ1) is 11.1.